The largest absolute Gasteiger partial charge is 0.454 e. The molecule has 0 amide bonds. The molecule has 0 bridgehead atoms. The summed E-state index contributed by atoms with van der Waals surface area (Å²) in [6, 6.07) is 6.21. The molecule has 0 radical (unpaired) electrons. The lowest BCUT2D eigenvalue weighted by Gasteiger charge is -2.10. The quantitative estimate of drug-likeness (QED) is 0.846. The summed E-state index contributed by atoms with van der Waals surface area (Å²) in [5, 5.41) is 9.10. The molecule has 5 nitrogen and oxygen atoms in total. The van der Waals surface area contributed by atoms with Gasteiger partial charge in [0, 0.05) is 25.1 Å². The summed E-state index contributed by atoms with van der Waals surface area (Å²) in [5.74, 6) is 2.50. The van der Waals surface area contributed by atoms with Crippen LogP contribution in [0.3, 0.4) is 0 Å². The minimum absolute atomic E-state index is 0.0480. The highest BCUT2D eigenvalue weighted by atomic mass is 16.7. The Bertz CT molecular complexity index is 700. The summed E-state index contributed by atoms with van der Waals surface area (Å²) in [5.41, 5.74) is 1.93. The molecule has 2 heterocycles. The van der Waals surface area contributed by atoms with E-state index in [4.69, 9.17) is 19.7 Å². The Labute approximate surface area is 124 Å². The number of aromatic nitrogens is 2. The van der Waals surface area contributed by atoms with Crippen LogP contribution < -0.4 is 9.47 Å². The van der Waals surface area contributed by atoms with Crippen LogP contribution in [0.2, 0.25) is 0 Å². The Morgan fingerprint density at radius 2 is 2.14 bits per heavy atom. The molecular formula is C16H19N3O2. The molecule has 3 rings (SSSR count). The van der Waals surface area contributed by atoms with Gasteiger partial charge in [0.1, 0.15) is 5.82 Å². The Morgan fingerprint density at radius 1 is 1.38 bits per heavy atom. The third kappa shape index (κ3) is 2.54. The van der Waals surface area contributed by atoms with Crippen LogP contribution in [-0.4, -0.2) is 16.3 Å². The lowest BCUT2D eigenvalue weighted by molar-refractivity contribution is 0.174. The van der Waals surface area contributed by atoms with Gasteiger partial charge in [0.15, 0.2) is 11.5 Å². The van der Waals surface area contributed by atoms with Crippen molar-refractivity contribution in [2.45, 2.75) is 39.7 Å². The summed E-state index contributed by atoms with van der Waals surface area (Å²) < 4.78 is 13.0. The first-order valence-corrected chi connectivity index (χ1v) is 7.41. The van der Waals surface area contributed by atoms with Crippen molar-refractivity contribution in [2.75, 3.05) is 6.79 Å². The van der Waals surface area contributed by atoms with E-state index in [2.05, 4.69) is 17.6 Å². The van der Waals surface area contributed by atoms with Crippen LogP contribution in [0, 0.1) is 17.2 Å². The standard InChI is InChI=1S/C16H19N3O2/c1-3-4-5-16-18-12-6-14-15(21-10-20-14)7-13(12)19(16)9-11(2)8-17/h6-7,11H,3-5,9-10H2,1-2H3. The van der Waals surface area contributed by atoms with E-state index in [0.717, 1.165) is 47.6 Å². The number of hydrogen-bond donors (Lipinski definition) is 0. The normalized spacial score (nSPS) is 14.3. The van der Waals surface area contributed by atoms with Gasteiger partial charge in [-0.1, -0.05) is 13.3 Å². The maximum absolute atomic E-state index is 9.10. The van der Waals surface area contributed by atoms with E-state index in [-0.39, 0.29) is 12.7 Å². The van der Waals surface area contributed by atoms with Crippen LogP contribution in [0.15, 0.2) is 12.1 Å². The molecule has 1 aromatic carbocycles. The number of benzene rings is 1. The summed E-state index contributed by atoms with van der Waals surface area (Å²) in [6.45, 7) is 5.02. The van der Waals surface area contributed by atoms with Gasteiger partial charge in [-0.15, -0.1) is 0 Å². The number of nitriles is 1. The van der Waals surface area contributed by atoms with E-state index in [1.807, 2.05) is 19.1 Å². The van der Waals surface area contributed by atoms with Gasteiger partial charge in [0.2, 0.25) is 6.79 Å². The molecule has 0 aliphatic carbocycles. The third-order valence-corrected chi connectivity index (χ3v) is 3.75. The number of aryl methyl sites for hydroxylation is 1. The second kappa shape index (κ2) is 5.65. The highest BCUT2D eigenvalue weighted by molar-refractivity contribution is 5.81. The van der Waals surface area contributed by atoms with E-state index in [9.17, 15) is 0 Å². The number of imidazole rings is 1. The fourth-order valence-electron chi connectivity index (χ4n) is 2.61. The third-order valence-electron chi connectivity index (χ3n) is 3.75. The van der Waals surface area contributed by atoms with Gasteiger partial charge in [0.25, 0.3) is 0 Å². The highest BCUT2D eigenvalue weighted by Gasteiger charge is 2.19. The molecule has 1 unspecified atom stereocenters. The fraction of sp³-hybridized carbons (Fsp3) is 0.500. The maximum atomic E-state index is 9.10. The zero-order valence-electron chi connectivity index (χ0n) is 12.4. The number of nitrogens with zero attached hydrogens (tertiary/aromatic N) is 3. The van der Waals surface area contributed by atoms with Crippen LogP contribution >= 0.6 is 0 Å². The van der Waals surface area contributed by atoms with Gasteiger partial charge in [-0.2, -0.15) is 5.26 Å². The van der Waals surface area contributed by atoms with E-state index in [1.165, 1.54) is 0 Å². The van der Waals surface area contributed by atoms with Gasteiger partial charge >= 0.3 is 0 Å². The zero-order valence-corrected chi connectivity index (χ0v) is 12.4. The van der Waals surface area contributed by atoms with Gasteiger partial charge in [0.05, 0.1) is 23.0 Å². The first-order valence-electron chi connectivity index (χ1n) is 7.41. The molecule has 1 aliphatic rings. The van der Waals surface area contributed by atoms with E-state index in [0.29, 0.717) is 6.54 Å². The van der Waals surface area contributed by atoms with Crippen molar-refractivity contribution >= 4 is 11.0 Å². The molecule has 0 saturated carbocycles. The molecule has 1 aromatic heterocycles. The topological polar surface area (TPSA) is 60.1 Å². The molecular weight excluding hydrogens is 266 g/mol. The van der Waals surface area contributed by atoms with Crippen molar-refractivity contribution in [2.24, 2.45) is 5.92 Å². The van der Waals surface area contributed by atoms with E-state index < -0.39 is 0 Å². The van der Waals surface area contributed by atoms with E-state index >= 15 is 0 Å². The monoisotopic (exact) mass is 285 g/mol. The van der Waals surface area contributed by atoms with Crippen LogP contribution in [-0.2, 0) is 13.0 Å². The van der Waals surface area contributed by atoms with Crippen molar-refractivity contribution < 1.29 is 9.47 Å². The van der Waals surface area contributed by atoms with Gasteiger partial charge in [-0.25, -0.2) is 4.98 Å². The molecule has 110 valence electrons. The van der Waals surface area contributed by atoms with Crippen LogP contribution in [0.25, 0.3) is 11.0 Å². The van der Waals surface area contributed by atoms with Crippen LogP contribution in [0.1, 0.15) is 32.5 Å². The average molecular weight is 285 g/mol. The van der Waals surface area contributed by atoms with Gasteiger partial charge in [-0.3, -0.25) is 0 Å². The van der Waals surface area contributed by atoms with Crippen molar-refractivity contribution in [1.82, 2.24) is 9.55 Å². The predicted octanol–water partition coefficient (Wildman–Crippen LogP) is 3.27. The summed E-state index contributed by atoms with van der Waals surface area (Å²) >= 11 is 0. The minimum Gasteiger partial charge on any atom is -0.454 e. The molecule has 0 fully saturated rings. The number of ether oxygens (including phenoxy) is 2. The Kier molecular flexibility index (Phi) is 3.70. The van der Waals surface area contributed by atoms with Crippen molar-refractivity contribution in [3.63, 3.8) is 0 Å². The molecule has 2 aromatic rings. The smallest absolute Gasteiger partial charge is 0.231 e. The SMILES string of the molecule is CCCCc1nc2cc3c(cc2n1CC(C)C#N)OCO3. The van der Waals surface area contributed by atoms with Gasteiger partial charge < -0.3 is 14.0 Å². The van der Waals surface area contributed by atoms with Gasteiger partial charge in [-0.05, 0) is 13.3 Å². The molecule has 0 N–H and O–H groups in total. The second-order valence-corrected chi connectivity index (χ2v) is 5.47. The maximum Gasteiger partial charge on any atom is 0.231 e. The van der Waals surface area contributed by atoms with E-state index in [1.54, 1.807) is 0 Å². The second-order valence-electron chi connectivity index (χ2n) is 5.47. The molecule has 5 heteroatoms. The molecule has 0 spiro atoms. The van der Waals surface area contributed by atoms with Crippen molar-refractivity contribution in [3.05, 3.63) is 18.0 Å². The molecule has 21 heavy (non-hydrogen) atoms. The van der Waals surface area contributed by atoms with Crippen molar-refractivity contribution in [3.8, 4) is 17.6 Å². The first-order chi connectivity index (χ1) is 10.2. The van der Waals surface area contributed by atoms with Crippen LogP contribution in [0.5, 0.6) is 11.5 Å². The zero-order chi connectivity index (χ0) is 14.8. The minimum atomic E-state index is -0.0480. The Hall–Kier alpha value is -2.22. The summed E-state index contributed by atoms with van der Waals surface area (Å²) in [6.07, 6.45) is 3.15. The lowest BCUT2D eigenvalue weighted by atomic mass is 10.2. The Morgan fingerprint density at radius 3 is 2.86 bits per heavy atom. The fourth-order valence-corrected chi connectivity index (χ4v) is 2.61. The summed E-state index contributed by atoms with van der Waals surface area (Å²) in [4.78, 5) is 4.73. The molecule has 1 aliphatic heterocycles. The predicted molar refractivity (Wildman–Crippen MR) is 79.2 cm³/mol. The molecule has 1 atom stereocenters. The lowest BCUT2D eigenvalue weighted by Crippen LogP contribution is -2.09. The highest BCUT2D eigenvalue weighted by Crippen LogP contribution is 2.36. The number of fused-ring (bicyclic) bond motifs is 2. The number of unbranched alkanes of at least 4 members (excludes halogenated alkanes) is 1. The molecule has 0 saturated heterocycles. The van der Waals surface area contributed by atoms with Crippen molar-refractivity contribution in [1.29, 1.82) is 5.26 Å². The number of rotatable bonds is 5. The first kappa shape index (κ1) is 13.7. The number of hydrogen-bond acceptors (Lipinski definition) is 4. The summed E-state index contributed by atoms with van der Waals surface area (Å²) in [7, 11) is 0. The average Bonchev–Trinajstić information content (AvgIpc) is 3.07. The Balaban J connectivity index is 2.07. The van der Waals surface area contributed by atoms with Crippen LogP contribution in [0.4, 0.5) is 0 Å².